The van der Waals surface area contributed by atoms with Crippen molar-refractivity contribution in [2.45, 2.75) is 32.4 Å². The van der Waals surface area contributed by atoms with E-state index in [2.05, 4.69) is 31.1 Å². The molecule has 2 heterocycles. The van der Waals surface area contributed by atoms with Gasteiger partial charge in [0.15, 0.2) is 5.96 Å². The Hall–Kier alpha value is -1.88. The lowest BCUT2D eigenvalue weighted by Gasteiger charge is -2.25. The summed E-state index contributed by atoms with van der Waals surface area (Å²) >= 11 is 5.89. The number of nitrogens with zero attached hydrogens (tertiary/aromatic N) is 3. The Balaban J connectivity index is 0.00000261. The highest BCUT2D eigenvalue weighted by Crippen LogP contribution is 2.18. The number of rotatable bonds is 5. The number of hydrogen-bond acceptors (Lipinski definition) is 5. The second-order valence-corrected chi connectivity index (χ2v) is 6.33. The number of benzene rings is 1. The van der Waals surface area contributed by atoms with Gasteiger partial charge in [0.05, 0.1) is 0 Å². The van der Waals surface area contributed by atoms with Crippen molar-refractivity contribution in [2.24, 2.45) is 4.99 Å². The van der Waals surface area contributed by atoms with E-state index >= 15 is 0 Å². The van der Waals surface area contributed by atoms with Gasteiger partial charge in [-0.05, 0) is 37.6 Å². The van der Waals surface area contributed by atoms with Crippen molar-refractivity contribution >= 4 is 47.4 Å². The Morgan fingerprint density at radius 1 is 1.41 bits per heavy atom. The van der Waals surface area contributed by atoms with Gasteiger partial charge < -0.3 is 20.5 Å². The molecule has 2 aromatic rings. The summed E-state index contributed by atoms with van der Waals surface area (Å²) in [5.41, 5.74) is 0.830. The molecule has 1 amide bonds. The molecular formula is C17H22ClIN6O2. The number of carbonyl (C=O) groups is 1. The highest BCUT2D eigenvalue weighted by molar-refractivity contribution is 14.0. The van der Waals surface area contributed by atoms with Gasteiger partial charge in [0, 0.05) is 36.1 Å². The molecule has 146 valence electrons. The molecular weight excluding hydrogens is 483 g/mol. The summed E-state index contributed by atoms with van der Waals surface area (Å²) in [7, 11) is 0. The predicted octanol–water partition coefficient (Wildman–Crippen LogP) is 2.34. The van der Waals surface area contributed by atoms with Crippen molar-refractivity contribution < 1.29 is 9.32 Å². The summed E-state index contributed by atoms with van der Waals surface area (Å²) in [5, 5.41) is 14.0. The van der Waals surface area contributed by atoms with Crippen molar-refractivity contribution in [3.05, 3.63) is 35.2 Å². The summed E-state index contributed by atoms with van der Waals surface area (Å²) in [4.78, 5) is 20.1. The van der Waals surface area contributed by atoms with Crippen LogP contribution < -0.4 is 16.0 Å². The van der Waals surface area contributed by atoms with Crippen molar-refractivity contribution in [3.8, 4) is 11.4 Å². The van der Waals surface area contributed by atoms with Crippen LogP contribution in [0.5, 0.6) is 0 Å². The predicted molar refractivity (Wildman–Crippen MR) is 114 cm³/mol. The van der Waals surface area contributed by atoms with Gasteiger partial charge in [-0.3, -0.25) is 4.79 Å². The molecule has 1 fully saturated rings. The lowest BCUT2D eigenvalue weighted by Crippen LogP contribution is -2.51. The zero-order valence-electron chi connectivity index (χ0n) is 14.9. The zero-order chi connectivity index (χ0) is 18.4. The molecule has 0 aliphatic carbocycles. The molecule has 1 aromatic carbocycles. The van der Waals surface area contributed by atoms with E-state index in [-0.39, 0.29) is 42.5 Å². The number of piperidine rings is 1. The molecule has 10 heteroatoms. The maximum absolute atomic E-state index is 11.2. The second kappa shape index (κ2) is 10.5. The summed E-state index contributed by atoms with van der Waals surface area (Å²) in [6.07, 6.45) is 1.29. The van der Waals surface area contributed by atoms with Crippen LogP contribution in [0.2, 0.25) is 5.02 Å². The van der Waals surface area contributed by atoms with Crippen LogP contribution in [-0.2, 0) is 11.3 Å². The van der Waals surface area contributed by atoms with Gasteiger partial charge in [0.2, 0.25) is 17.6 Å². The highest BCUT2D eigenvalue weighted by atomic mass is 127. The molecule has 3 rings (SSSR count). The summed E-state index contributed by atoms with van der Waals surface area (Å²) < 4.78 is 5.27. The Bertz CT molecular complexity index is 770. The number of guanidine groups is 1. The van der Waals surface area contributed by atoms with Crippen molar-refractivity contribution in [1.29, 1.82) is 0 Å². The average Bonchev–Trinajstić information content (AvgIpc) is 3.11. The molecule has 1 aliphatic rings. The quantitative estimate of drug-likeness (QED) is 0.328. The molecule has 1 atom stereocenters. The molecule has 1 aliphatic heterocycles. The van der Waals surface area contributed by atoms with Crippen LogP contribution in [0.1, 0.15) is 25.7 Å². The number of nitrogens with one attached hydrogen (secondary N) is 3. The molecule has 0 saturated carbocycles. The number of hydrogen-bond donors (Lipinski definition) is 3. The number of halogens is 2. The first kappa shape index (κ1) is 21.4. The Kier molecular flexibility index (Phi) is 8.29. The smallest absolute Gasteiger partial charge is 0.248 e. The Morgan fingerprint density at radius 2 is 2.19 bits per heavy atom. The van der Waals surface area contributed by atoms with Crippen LogP contribution in [0.15, 0.2) is 33.8 Å². The first-order valence-corrected chi connectivity index (χ1v) is 8.92. The van der Waals surface area contributed by atoms with Crippen LogP contribution in [-0.4, -0.2) is 41.1 Å². The fraction of sp³-hybridized carbons (Fsp3) is 0.412. The van der Waals surface area contributed by atoms with E-state index in [9.17, 15) is 4.79 Å². The minimum atomic E-state index is 0. The van der Waals surface area contributed by atoms with Crippen LogP contribution >= 0.6 is 35.6 Å². The molecule has 1 saturated heterocycles. The maximum atomic E-state index is 11.2. The maximum Gasteiger partial charge on any atom is 0.248 e. The van der Waals surface area contributed by atoms with E-state index in [1.807, 2.05) is 19.1 Å². The highest BCUT2D eigenvalue weighted by Gasteiger charge is 2.18. The third-order valence-corrected chi connectivity index (χ3v) is 4.15. The van der Waals surface area contributed by atoms with Crippen LogP contribution in [0.3, 0.4) is 0 Å². The normalized spacial score (nSPS) is 17.0. The fourth-order valence-electron chi connectivity index (χ4n) is 2.55. The lowest BCUT2D eigenvalue weighted by atomic mass is 10.1. The molecule has 1 unspecified atom stereocenters. The average molecular weight is 505 g/mol. The van der Waals surface area contributed by atoms with E-state index in [4.69, 9.17) is 16.1 Å². The minimum Gasteiger partial charge on any atom is -0.357 e. The van der Waals surface area contributed by atoms with E-state index < -0.39 is 0 Å². The molecule has 0 radical (unpaired) electrons. The van der Waals surface area contributed by atoms with Gasteiger partial charge in [-0.2, -0.15) is 4.98 Å². The number of amides is 1. The van der Waals surface area contributed by atoms with Gasteiger partial charge in [0.25, 0.3) is 0 Å². The van der Waals surface area contributed by atoms with Crippen LogP contribution in [0, 0.1) is 0 Å². The van der Waals surface area contributed by atoms with Crippen LogP contribution in [0.25, 0.3) is 11.4 Å². The zero-order valence-corrected chi connectivity index (χ0v) is 18.0. The van der Waals surface area contributed by atoms with Crippen molar-refractivity contribution in [3.63, 3.8) is 0 Å². The summed E-state index contributed by atoms with van der Waals surface area (Å²) in [5.74, 6) is 1.66. The lowest BCUT2D eigenvalue weighted by molar-refractivity contribution is -0.122. The Labute approximate surface area is 179 Å². The molecule has 0 spiro atoms. The first-order chi connectivity index (χ1) is 12.6. The Morgan fingerprint density at radius 3 is 2.85 bits per heavy atom. The topological polar surface area (TPSA) is 104 Å². The SMILES string of the molecule is CCNC(=NCc1nc(-c2ccc(Cl)cc2)no1)NC1CCC(=O)NC1.I. The third kappa shape index (κ3) is 6.35. The first-order valence-electron chi connectivity index (χ1n) is 8.54. The van der Waals surface area contributed by atoms with Gasteiger partial charge in [0.1, 0.15) is 6.54 Å². The number of aliphatic imine (C=N–C) groups is 1. The minimum absolute atomic E-state index is 0. The van der Waals surface area contributed by atoms with Gasteiger partial charge in [-0.1, -0.05) is 16.8 Å². The molecule has 3 N–H and O–H groups in total. The van der Waals surface area contributed by atoms with E-state index in [0.717, 1.165) is 18.5 Å². The monoisotopic (exact) mass is 504 g/mol. The standard InChI is InChI=1S/C17H21ClN6O2.HI/c1-2-19-17(22-13-7-8-14(25)20-9-13)21-10-15-23-16(24-26-15)11-3-5-12(18)6-4-11;/h3-6,13H,2,7-10H2,1H3,(H,20,25)(H2,19,21,22);1H. The van der Waals surface area contributed by atoms with E-state index in [1.165, 1.54) is 0 Å². The molecule has 0 bridgehead atoms. The van der Waals surface area contributed by atoms with Crippen molar-refractivity contribution in [2.75, 3.05) is 13.1 Å². The summed E-state index contributed by atoms with van der Waals surface area (Å²) in [6.45, 7) is 3.56. The third-order valence-electron chi connectivity index (χ3n) is 3.89. The van der Waals surface area contributed by atoms with Gasteiger partial charge in [-0.15, -0.1) is 24.0 Å². The molecule has 27 heavy (non-hydrogen) atoms. The van der Waals surface area contributed by atoms with Gasteiger partial charge in [-0.25, -0.2) is 4.99 Å². The molecule has 1 aromatic heterocycles. The van der Waals surface area contributed by atoms with E-state index in [1.54, 1.807) is 12.1 Å². The second-order valence-electron chi connectivity index (χ2n) is 5.90. The van der Waals surface area contributed by atoms with Gasteiger partial charge >= 0.3 is 0 Å². The van der Waals surface area contributed by atoms with Crippen LogP contribution in [0.4, 0.5) is 0 Å². The fourth-order valence-corrected chi connectivity index (χ4v) is 2.68. The number of aromatic nitrogens is 2. The largest absolute Gasteiger partial charge is 0.357 e. The van der Waals surface area contributed by atoms with E-state index in [0.29, 0.717) is 35.7 Å². The number of carbonyl (C=O) groups excluding carboxylic acids is 1. The summed E-state index contributed by atoms with van der Waals surface area (Å²) in [6, 6.07) is 7.38. The molecule has 8 nitrogen and oxygen atoms in total. The van der Waals surface area contributed by atoms with Crippen molar-refractivity contribution in [1.82, 2.24) is 26.1 Å².